The van der Waals surface area contributed by atoms with E-state index in [-0.39, 0.29) is 6.61 Å². The molecule has 0 aromatic heterocycles. The highest BCUT2D eigenvalue weighted by Gasteiger charge is 2.37. The molecule has 1 fully saturated rings. The fraction of sp³-hybridized carbons (Fsp3) is 0.667. The molecule has 2 N–H and O–H groups in total. The van der Waals surface area contributed by atoms with Gasteiger partial charge in [0.05, 0.1) is 0 Å². The molecule has 0 bridgehead atoms. The Morgan fingerprint density at radius 2 is 2.36 bits per heavy atom. The summed E-state index contributed by atoms with van der Waals surface area (Å²) in [7, 11) is 0. The molecule has 1 rings (SSSR count). The Bertz CT molecular complexity index is 256. The maximum atomic E-state index is 11.8. The molecule has 1 saturated heterocycles. The van der Waals surface area contributed by atoms with Crippen LogP contribution in [-0.2, 0) is 9.57 Å². The van der Waals surface area contributed by atoms with Crippen LogP contribution in [0.25, 0.3) is 0 Å². The minimum Gasteiger partial charge on any atom is -0.472 e. The highest BCUT2D eigenvalue weighted by molar-refractivity contribution is 7.80. The van der Waals surface area contributed by atoms with Crippen molar-refractivity contribution in [2.24, 2.45) is 0 Å². The number of hydrogen-bond acceptors (Lipinski definition) is 4. The Morgan fingerprint density at radius 1 is 1.71 bits per heavy atom. The molecular formula is C6H7F3N2O2S. The standard InChI is InChI=1S/C6H7F3N2O2S/c7-6(8,9)5(10)12-2-3-1-4(14)11-13-3/h3,10H,1-2H2,(H,11,14). The summed E-state index contributed by atoms with van der Waals surface area (Å²) in [5.41, 5.74) is 2.33. The van der Waals surface area contributed by atoms with E-state index in [1.165, 1.54) is 0 Å². The molecule has 1 atom stereocenters. The Labute approximate surface area is 82.8 Å². The molecule has 0 aromatic carbocycles. The van der Waals surface area contributed by atoms with Crippen LogP contribution < -0.4 is 5.48 Å². The fourth-order valence-corrected chi connectivity index (χ4v) is 1.02. The van der Waals surface area contributed by atoms with Crippen LogP contribution >= 0.6 is 12.2 Å². The molecule has 1 heterocycles. The van der Waals surface area contributed by atoms with E-state index in [0.717, 1.165) is 0 Å². The highest BCUT2D eigenvalue weighted by Crippen LogP contribution is 2.17. The van der Waals surface area contributed by atoms with Crippen LogP contribution in [-0.4, -0.2) is 29.8 Å². The predicted molar refractivity (Wildman–Crippen MR) is 45.0 cm³/mol. The van der Waals surface area contributed by atoms with E-state index in [9.17, 15) is 13.2 Å². The second-order valence-corrected chi connectivity index (χ2v) is 3.10. The second-order valence-electron chi connectivity index (χ2n) is 2.61. The third-order valence-electron chi connectivity index (χ3n) is 1.42. The van der Waals surface area contributed by atoms with Gasteiger partial charge in [0.2, 0.25) is 0 Å². The third kappa shape index (κ3) is 3.11. The van der Waals surface area contributed by atoms with Crippen LogP contribution in [0.1, 0.15) is 6.42 Å². The normalized spacial score (nSPS) is 21.9. The lowest BCUT2D eigenvalue weighted by Gasteiger charge is -2.12. The molecule has 14 heavy (non-hydrogen) atoms. The largest absolute Gasteiger partial charge is 0.472 e. The number of thiocarbonyl (C=S) groups is 1. The van der Waals surface area contributed by atoms with E-state index < -0.39 is 18.2 Å². The predicted octanol–water partition coefficient (Wildman–Crippen LogP) is 1.16. The van der Waals surface area contributed by atoms with E-state index >= 15 is 0 Å². The van der Waals surface area contributed by atoms with Crippen LogP contribution in [0.4, 0.5) is 13.2 Å². The Balaban J connectivity index is 2.28. The summed E-state index contributed by atoms with van der Waals surface area (Å²) in [4.78, 5) is 5.16. The summed E-state index contributed by atoms with van der Waals surface area (Å²) < 4.78 is 39.5. The molecule has 0 aromatic rings. The molecule has 0 spiro atoms. The highest BCUT2D eigenvalue weighted by atomic mass is 32.1. The molecular weight excluding hydrogens is 221 g/mol. The van der Waals surface area contributed by atoms with Crippen molar-refractivity contribution < 1.29 is 22.7 Å². The molecule has 80 valence electrons. The number of ether oxygens (including phenoxy) is 1. The van der Waals surface area contributed by atoms with E-state index in [1.54, 1.807) is 0 Å². The first kappa shape index (κ1) is 11.2. The average Bonchev–Trinajstić information content (AvgIpc) is 2.45. The second kappa shape index (κ2) is 4.09. The van der Waals surface area contributed by atoms with Gasteiger partial charge in [-0.15, -0.1) is 0 Å². The van der Waals surface area contributed by atoms with E-state index in [2.05, 4.69) is 22.4 Å². The summed E-state index contributed by atoms with van der Waals surface area (Å²) in [5, 5.41) is 6.50. The quantitative estimate of drug-likeness (QED) is 0.423. The van der Waals surface area contributed by atoms with Gasteiger partial charge in [0.25, 0.3) is 5.90 Å². The van der Waals surface area contributed by atoms with E-state index in [1.807, 2.05) is 0 Å². The van der Waals surface area contributed by atoms with Gasteiger partial charge < -0.3 is 4.74 Å². The number of hydroxylamine groups is 1. The van der Waals surface area contributed by atoms with E-state index in [4.69, 9.17) is 10.2 Å². The van der Waals surface area contributed by atoms with Crippen LogP contribution in [0.5, 0.6) is 0 Å². The van der Waals surface area contributed by atoms with Gasteiger partial charge in [0.15, 0.2) is 0 Å². The van der Waals surface area contributed by atoms with Crippen molar-refractivity contribution in [2.75, 3.05) is 6.61 Å². The zero-order chi connectivity index (χ0) is 10.8. The Kier molecular flexibility index (Phi) is 3.27. The average molecular weight is 228 g/mol. The lowest BCUT2D eigenvalue weighted by Crippen LogP contribution is -2.28. The van der Waals surface area contributed by atoms with Crippen molar-refractivity contribution in [3.8, 4) is 0 Å². The topological polar surface area (TPSA) is 54.3 Å². The lowest BCUT2D eigenvalue weighted by molar-refractivity contribution is -0.0852. The summed E-state index contributed by atoms with van der Waals surface area (Å²) in [6.07, 6.45) is -5.00. The zero-order valence-corrected chi connectivity index (χ0v) is 7.67. The lowest BCUT2D eigenvalue weighted by atomic mass is 10.3. The van der Waals surface area contributed by atoms with Crippen molar-refractivity contribution in [1.82, 2.24) is 5.48 Å². The van der Waals surface area contributed by atoms with Gasteiger partial charge in [-0.25, -0.2) is 0 Å². The number of alkyl halides is 3. The van der Waals surface area contributed by atoms with Crippen LogP contribution in [0.15, 0.2) is 0 Å². The van der Waals surface area contributed by atoms with Crippen LogP contribution in [0, 0.1) is 5.41 Å². The van der Waals surface area contributed by atoms with Crippen molar-refractivity contribution in [3.05, 3.63) is 0 Å². The summed E-state index contributed by atoms with van der Waals surface area (Å²) in [5.74, 6) is -1.72. The SMILES string of the molecule is N=C(OCC1CC(=S)NO1)C(F)(F)F. The molecule has 4 nitrogen and oxygen atoms in total. The number of halogens is 3. The van der Waals surface area contributed by atoms with Crippen molar-refractivity contribution in [3.63, 3.8) is 0 Å². The summed E-state index contributed by atoms with van der Waals surface area (Å²) >= 11 is 4.68. The minimum atomic E-state index is -4.74. The van der Waals surface area contributed by atoms with Crippen molar-refractivity contribution in [2.45, 2.75) is 18.7 Å². The molecule has 0 saturated carbocycles. The molecule has 0 amide bonds. The summed E-state index contributed by atoms with van der Waals surface area (Å²) in [6, 6.07) is 0. The van der Waals surface area contributed by atoms with Gasteiger partial charge in [-0.2, -0.15) is 13.2 Å². The van der Waals surface area contributed by atoms with Crippen LogP contribution in [0.2, 0.25) is 0 Å². The first-order chi connectivity index (χ1) is 6.39. The monoisotopic (exact) mass is 228 g/mol. The Hall–Kier alpha value is -0.890. The van der Waals surface area contributed by atoms with Crippen molar-refractivity contribution in [1.29, 1.82) is 5.41 Å². The van der Waals surface area contributed by atoms with Gasteiger partial charge in [0.1, 0.15) is 17.7 Å². The maximum absolute atomic E-state index is 11.8. The maximum Gasteiger partial charge on any atom is 0.467 e. The first-order valence-electron chi connectivity index (χ1n) is 3.62. The first-order valence-corrected chi connectivity index (χ1v) is 4.03. The van der Waals surface area contributed by atoms with Gasteiger partial charge in [-0.1, -0.05) is 12.2 Å². The van der Waals surface area contributed by atoms with Gasteiger partial charge in [-0.05, 0) is 0 Å². The number of nitrogens with one attached hydrogen (secondary N) is 2. The summed E-state index contributed by atoms with van der Waals surface area (Å²) in [6.45, 7) is -0.342. The van der Waals surface area contributed by atoms with E-state index in [0.29, 0.717) is 11.4 Å². The molecule has 1 aliphatic heterocycles. The number of rotatable bonds is 2. The van der Waals surface area contributed by atoms with Gasteiger partial charge in [-0.3, -0.25) is 15.7 Å². The zero-order valence-electron chi connectivity index (χ0n) is 6.85. The molecule has 1 aliphatic rings. The van der Waals surface area contributed by atoms with Gasteiger partial charge in [0, 0.05) is 6.42 Å². The third-order valence-corrected chi connectivity index (χ3v) is 1.67. The fourth-order valence-electron chi connectivity index (χ4n) is 0.790. The van der Waals surface area contributed by atoms with Crippen LogP contribution in [0.3, 0.4) is 0 Å². The van der Waals surface area contributed by atoms with Gasteiger partial charge >= 0.3 is 6.18 Å². The smallest absolute Gasteiger partial charge is 0.467 e. The molecule has 0 aliphatic carbocycles. The minimum absolute atomic E-state index is 0.306. The molecule has 1 unspecified atom stereocenters. The van der Waals surface area contributed by atoms with Crippen molar-refractivity contribution >= 4 is 23.1 Å². The number of hydrogen-bond donors (Lipinski definition) is 2. The molecule has 0 radical (unpaired) electrons. The molecule has 8 heteroatoms. The Morgan fingerprint density at radius 3 is 2.79 bits per heavy atom.